The number of rotatable bonds is 4. The predicted molar refractivity (Wildman–Crippen MR) is 83.7 cm³/mol. The molecule has 21 heavy (non-hydrogen) atoms. The number of nitrogens with one attached hydrogen (secondary N) is 2. The second kappa shape index (κ2) is 7.22. The van der Waals surface area contributed by atoms with Gasteiger partial charge in [0.25, 0.3) is 0 Å². The first-order chi connectivity index (χ1) is 10.0. The molecular formula is C16H23N3O2. The van der Waals surface area contributed by atoms with E-state index < -0.39 is 0 Å². The lowest BCUT2D eigenvalue weighted by molar-refractivity contribution is 0.101. The number of carbonyl (C=O) groups excluding carboxylic acids is 2. The standard InChI is InChI=1S/C16H23N3O2/c1-12(20)14-6-3-7-15(9-14)18-16(21)17-10-13-5-4-8-19(2)11-13/h3,6-7,9,13H,4-5,8,10-11H2,1-2H3,(H2,17,18,21). The molecule has 1 aromatic rings. The van der Waals surface area contributed by atoms with Crippen LogP contribution in [0.25, 0.3) is 0 Å². The van der Waals surface area contributed by atoms with Crippen molar-refractivity contribution in [2.45, 2.75) is 19.8 Å². The van der Waals surface area contributed by atoms with Crippen molar-refractivity contribution < 1.29 is 9.59 Å². The number of ketones is 1. The van der Waals surface area contributed by atoms with Crippen LogP contribution in [0, 0.1) is 5.92 Å². The quantitative estimate of drug-likeness (QED) is 0.836. The molecule has 0 aromatic heterocycles. The Labute approximate surface area is 125 Å². The summed E-state index contributed by atoms with van der Waals surface area (Å²) in [6.07, 6.45) is 2.34. The molecule has 2 amide bonds. The van der Waals surface area contributed by atoms with Crippen molar-refractivity contribution in [3.05, 3.63) is 29.8 Å². The molecule has 2 N–H and O–H groups in total. The van der Waals surface area contributed by atoms with E-state index in [-0.39, 0.29) is 11.8 Å². The zero-order valence-electron chi connectivity index (χ0n) is 12.7. The third kappa shape index (κ3) is 4.86. The van der Waals surface area contributed by atoms with Crippen LogP contribution in [-0.2, 0) is 0 Å². The molecule has 0 saturated carbocycles. The fraction of sp³-hybridized carbons (Fsp3) is 0.500. The van der Waals surface area contributed by atoms with Gasteiger partial charge in [-0.15, -0.1) is 0 Å². The minimum Gasteiger partial charge on any atom is -0.338 e. The molecule has 0 bridgehead atoms. The number of hydrogen-bond donors (Lipinski definition) is 2. The summed E-state index contributed by atoms with van der Waals surface area (Å²) in [5.74, 6) is 0.502. The summed E-state index contributed by atoms with van der Waals surface area (Å²) < 4.78 is 0. The Morgan fingerprint density at radius 3 is 2.90 bits per heavy atom. The minimum absolute atomic E-state index is 0.00991. The van der Waals surface area contributed by atoms with Gasteiger partial charge in [-0.05, 0) is 51.4 Å². The van der Waals surface area contributed by atoms with E-state index in [1.165, 1.54) is 13.3 Å². The molecule has 5 heteroatoms. The maximum absolute atomic E-state index is 11.9. The molecule has 1 atom stereocenters. The first-order valence-electron chi connectivity index (χ1n) is 7.39. The highest BCUT2D eigenvalue weighted by Crippen LogP contribution is 2.14. The van der Waals surface area contributed by atoms with Crippen molar-refractivity contribution in [3.8, 4) is 0 Å². The van der Waals surface area contributed by atoms with Crippen LogP contribution in [0.1, 0.15) is 30.1 Å². The van der Waals surface area contributed by atoms with Crippen LogP contribution in [0.15, 0.2) is 24.3 Å². The van der Waals surface area contributed by atoms with E-state index in [2.05, 4.69) is 22.6 Å². The Morgan fingerprint density at radius 1 is 1.38 bits per heavy atom. The van der Waals surface area contributed by atoms with Gasteiger partial charge in [-0.3, -0.25) is 4.79 Å². The molecule has 0 aliphatic carbocycles. The van der Waals surface area contributed by atoms with Gasteiger partial charge in [0.1, 0.15) is 0 Å². The molecule has 5 nitrogen and oxygen atoms in total. The third-order valence-corrected chi connectivity index (χ3v) is 3.80. The van der Waals surface area contributed by atoms with Crippen molar-refractivity contribution in [2.75, 3.05) is 32.0 Å². The van der Waals surface area contributed by atoms with Gasteiger partial charge in [0.15, 0.2) is 5.78 Å². The molecule has 0 spiro atoms. The van der Waals surface area contributed by atoms with Gasteiger partial charge in [0.2, 0.25) is 0 Å². The van der Waals surface area contributed by atoms with E-state index in [4.69, 9.17) is 0 Å². The summed E-state index contributed by atoms with van der Waals surface area (Å²) in [5.41, 5.74) is 1.24. The summed E-state index contributed by atoms with van der Waals surface area (Å²) in [6, 6.07) is 6.76. The van der Waals surface area contributed by atoms with Crippen molar-refractivity contribution in [1.82, 2.24) is 10.2 Å². The van der Waals surface area contributed by atoms with E-state index in [9.17, 15) is 9.59 Å². The monoisotopic (exact) mass is 289 g/mol. The number of anilines is 1. The Bertz CT molecular complexity index is 516. The summed E-state index contributed by atoms with van der Waals surface area (Å²) in [4.78, 5) is 25.5. The molecule has 1 fully saturated rings. The van der Waals surface area contributed by atoms with Gasteiger partial charge in [-0.25, -0.2) is 4.79 Å². The molecule has 1 aliphatic rings. The van der Waals surface area contributed by atoms with Crippen LogP contribution in [0.5, 0.6) is 0 Å². The Morgan fingerprint density at radius 2 is 2.19 bits per heavy atom. The number of amides is 2. The zero-order chi connectivity index (χ0) is 15.2. The molecule has 1 heterocycles. The zero-order valence-corrected chi connectivity index (χ0v) is 12.7. The summed E-state index contributed by atoms with van der Waals surface area (Å²) in [6.45, 7) is 4.36. The van der Waals surface area contributed by atoms with Crippen LogP contribution < -0.4 is 10.6 Å². The molecule has 2 rings (SSSR count). The molecule has 0 radical (unpaired) electrons. The Hall–Kier alpha value is -1.88. The number of benzene rings is 1. The van der Waals surface area contributed by atoms with Crippen molar-refractivity contribution >= 4 is 17.5 Å². The van der Waals surface area contributed by atoms with Crippen LogP contribution in [0.2, 0.25) is 0 Å². The van der Waals surface area contributed by atoms with Gasteiger partial charge in [-0.1, -0.05) is 12.1 Å². The Balaban J connectivity index is 1.81. The largest absolute Gasteiger partial charge is 0.338 e. The maximum atomic E-state index is 11.9. The summed E-state index contributed by atoms with van der Waals surface area (Å²) in [5, 5.41) is 5.68. The molecule has 114 valence electrons. The van der Waals surface area contributed by atoms with Crippen molar-refractivity contribution in [2.24, 2.45) is 5.92 Å². The fourth-order valence-electron chi connectivity index (χ4n) is 2.67. The highest BCUT2D eigenvalue weighted by molar-refractivity contribution is 5.96. The van der Waals surface area contributed by atoms with Crippen LogP contribution in [-0.4, -0.2) is 43.4 Å². The number of carbonyl (C=O) groups is 2. The highest BCUT2D eigenvalue weighted by Gasteiger charge is 2.17. The van der Waals surface area contributed by atoms with Gasteiger partial charge in [0.05, 0.1) is 0 Å². The number of hydrogen-bond acceptors (Lipinski definition) is 3. The van der Waals surface area contributed by atoms with E-state index in [0.717, 1.165) is 19.5 Å². The second-order valence-corrected chi connectivity index (χ2v) is 5.74. The van der Waals surface area contributed by atoms with E-state index >= 15 is 0 Å². The van der Waals surface area contributed by atoms with Crippen molar-refractivity contribution in [3.63, 3.8) is 0 Å². The van der Waals surface area contributed by atoms with Gasteiger partial charge in [-0.2, -0.15) is 0 Å². The Kier molecular flexibility index (Phi) is 5.33. The van der Waals surface area contributed by atoms with Gasteiger partial charge < -0.3 is 15.5 Å². The molecule has 1 saturated heterocycles. The summed E-state index contributed by atoms with van der Waals surface area (Å²) >= 11 is 0. The summed E-state index contributed by atoms with van der Waals surface area (Å²) in [7, 11) is 2.11. The predicted octanol–water partition coefficient (Wildman–Crippen LogP) is 2.35. The SMILES string of the molecule is CC(=O)c1cccc(NC(=O)NCC2CCCN(C)C2)c1. The smallest absolute Gasteiger partial charge is 0.319 e. The highest BCUT2D eigenvalue weighted by atomic mass is 16.2. The lowest BCUT2D eigenvalue weighted by Crippen LogP contribution is -2.40. The van der Waals surface area contributed by atoms with Gasteiger partial charge in [0, 0.05) is 24.3 Å². The van der Waals surface area contributed by atoms with Crippen LogP contribution in [0.3, 0.4) is 0 Å². The lowest BCUT2D eigenvalue weighted by Gasteiger charge is -2.29. The fourth-order valence-corrected chi connectivity index (χ4v) is 2.67. The number of Topliss-reactive ketones (excluding diaryl/α,β-unsaturated/α-hetero) is 1. The minimum atomic E-state index is -0.219. The molecule has 1 aromatic carbocycles. The first-order valence-corrected chi connectivity index (χ1v) is 7.39. The number of urea groups is 1. The number of piperidine rings is 1. The average Bonchev–Trinajstić information content (AvgIpc) is 2.45. The van der Waals surface area contributed by atoms with Gasteiger partial charge >= 0.3 is 6.03 Å². The second-order valence-electron chi connectivity index (χ2n) is 5.74. The topological polar surface area (TPSA) is 61.4 Å². The average molecular weight is 289 g/mol. The maximum Gasteiger partial charge on any atom is 0.319 e. The lowest BCUT2D eigenvalue weighted by atomic mass is 9.99. The normalized spacial score (nSPS) is 19.0. The first kappa shape index (κ1) is 15.5. The van der Waals surface area contributed by atoms with Crippen LogP contribution >= 0.6 is 0 Å². The molecule has 1 aliphatic heterocycles. The molecule has 1 unspecified atom stereocenters. The van der Waals surface area contributed by atoms with E-state index in [0.29, 0.717) is 23.7 Å². The van der Waals surface area contributed by atoms with E-state index in [1.807, 2.05) is 0 Å². The van der Waals surface area contributed by atoms with E-state index in [1.54, 1.807) is 24.3 Å². The molecular weight excluding hydrogens is 266 g/mol. The van der Waals surface area contributed by atoms with Crippen molar-refractivity contribution in [1.29, 1.82) is 0 Å². The number of nitrogens with zero attached hydrogens (tertiary/aromatic N) is 1. The third-order valence-electron chi connectivity index (χ3n) is 3.80. The van der Waals surface area contributed by atoms with Crippen LogP contribution in [0.4, 0.5) is 10.5 Å². The number of likely N-dealkylation sites (tertiary alicyclic amines) is 1.